The van der Waals surface area contributed by atoms with E-state index in [-0.39, 0.29) is 0 Å². The molecule has 0 bridgehead atoms. The average Bonchev–Trinajstić information content (AvgIpc) is 2.97. The highest BCUT2D eigenvalue weighted by Crippen LogP contribution is 2.25. The minimum Gasteiger partial charge on any atom is -0.296 e. The van der Waals surface area contributed by atoms with Gasteiger partial charge in [0.25, 0.3) is 0 Å². The fourth-order valence-corrected chi connectivity index (χ4v) is 4.18. The van der Waals surface area contributed by atoms with E-state index in [2.05, 4.69) is 53.2 Å². The molecule has 2 heterocycles. The highest BCUT2D eigenvalue weighted by Gasteiger charge is 2.13. The number of hydrogen-bond acceptors (Lipinski definition) is 4. The lowest BCUT2D eigenvalue weighted by molar-refractivity contribution is 0.292. The zero-order valence-corrected chi connectivity index (χ0v) is 13.5. The Kier molecular flexibility index (Phi) is 4.76. The molecule has 1 saturated heterocycles. The Balaban J connectivity index is 1.68. The van der Waals surface area contributed by atoms with Gasteiger partial charge >= 0.3 is 0 Å². The summed E-state index contributed by atoms with van der Waals surface area (Å²) in [5.41, 5.74) is 3.85. The summed E-state index contributed by atoms with van der Waals surface area (Å²) >= 11 is 3.82. The number of nitrogens with zero attached hydrogens (tertiary/aromatic N) is 2. The van der Waals surface area contributed by atoms with E-state index >= 15 is 0 Å². The summed E-state index contributed by atoms with van der Waals surface area (Å²) in [6.45, 7) is 5.59. The van der Waals surface area contributed by atoms with E-state index in [0.29, 0.717) is 0 Å². The van der Waals surface area contributed by atoms with Crippen LogP contribution in [0.4, 0.5) is 0 Å². The summed E-state index contributed by atoms with van der Waals surface area (Å²) in [4.78, 5) is 7.31. The summed E-state index contributed by atoms with van der Waals surface area (Å²) < 4.78 is 0. The molecule has 0 radical (unpaired) electrons. The van der Waals surface area contributed by atoms with Crippen molar-refractivity contribution in [3.8, 4) is 10.6 Å². The summed E-state index contributed by atoms with van der Waals surface area (Å²) in [5.74, 6) is 2.52. The number of thiazole rings is 1. The first-order chi connectivity index (χ1) is 9.85. The smallest absolute Gasteiger partial charge is 0.123 e. The third kappa shape index (κ3) is 3.43. The Bertz CT molecular complexity index is 542. The van der Waals surface area contributed by atoms with E-state index in [1.165, 1.54) is 41.4 Å². The minimum atomic E-state index is 1.00. The lowest BCUT2D eigenvalue weighted by Gasteiger charge is -2.25. The highest BCUT2D eigenvalue weighted by molar-refractivity contribution is 7.99. The van der Waals surface area contributed by atoms with Gasteiger partial charge in [-0.3, -0.25) is 4.90 Å². The van der Waals surface area contributed by atoms with Crippen LogP contribution in [0.3, 0.4) is 0 Å². The van der Waals surface area contributed by atoms with Crippen molar-refractivity contribution in [2.75, 3.05) is 24.6 Å². The summed E-state index contributed by atoms with van der Waals surface area (Å²) in [5, 5.41) is 3.36. The molecule has 106 valence electrons. The molecule has 0 aliphatic carbocycles. The molecule has 0 atom stereocenters. The maximum absolute atomic E-state index is 4.80. The monoisotopic (exact) mass is 304 g/mol. The Morgan fingerprint density at radius 2 is 1.90 bits per heavy atom. The molecule has 1 fully saturated rings. The molecule has 0 spiro atoms. The summed E-state index contributed by atoms with van der Waals surface area (Å²) in [6.07, 6.45) is 1.09. The molecular weight excluding hydrogens is 284 g/mol. The zero-order valence-electron chi connectivity index (χ0n) is 11.8. The van der Waals surface area contributed by atoms with Crippen LogP contribution in [0.5, 0.6) is 0 Å². The van der Waals surface area contributed by atoms with Gasteiger partial charge in [-0.15, -0.1) is 11.3 Å². The fraction of sp³-hybridized carbons (Fsp3) is 0.438. The van der Waals surface area contributed by atoms with E-state index in [1.54, 1.807) is 11.3 Å². The lowest BCUT2D eigenvalue weighted by atomic mass is 10.1. The number of aromatic nitrogens is 1. The quantitative estimate of drug-likeness (QED) is 0.851. The molecule has 0 amide bonds. The third-order valence-corrected chi connectivity index (χ3v) is 5.53. The van der Waals surface area contributed by atoms with Crippen LogP contribution in [0.2, 0.25) is 0 Å². The largest absolute Gasteiger partial charge is 0.296 e. The van der Waals surface area contributed by atoms with E-state index in [0.717, 1.165) is 18.0 Å². The van der Waals surface area contributed by atoms with Crippen LogP contribution in [0.1, 0.15) is 18.2 Å². The van der Waals surface area contributed by atoms with Crippen molar-refractivity contribution >= 4 is 23.1 Å². The first kappa shape index (κ1) is 14.1. The fourth-order valence-electron chi connectivity index (χ4n) is 2.38. The molecular formula is C16H20N2S2. The molecule has 1 aromatic carbocycles. The first-order valence-corrected chi connectivity index (χ1v) is 9.22. The number of rotatable bonds is 4. The first-order valence-electron chi connectivity index (χ1n) is 7.19. The van der Waals surface area contributed by atoms with Crippen LogP contribution in [-0.4, -0.2) is 34.5 Å². The van der Waals surface area contributed by atoms with Crippen molar-refractivity contribution in [3.05, 3.63) is 40.9 Å². The summed E-state index contributed by atoms with van der Waals surface area (Å²) in [6, 6.07) is 8.80. The molecule has 20 heavy (non-hydrogen) atoms. The molecule has 2 aromatic rings. The number of aryl methyl sites for hydroxylation is 1. The van der Waals surface area contributed by atoms with Gasteiger partial charge in [-0.25, -0.2) is 4.98 Å². The van der Waals surface area contributed by atoms with Crippen LogP contribution < -0.4 is 0 Å². The van der Waals surface area contributed by atoms with E-state index in [1.807, 2.05) is 0 Å². The number of benzene rings is 1. The van der Waals surface area contributed by atoms with Gasteiger partial charge in [0.05, 0.1) is 5.69 Å². The van der Waals surface area contributed by atoms with Crippen molar-refractivity contribution in [1.82, 2.24) is 9.88 Å². The highest BCUT2D eigenvalue weighted by atomic mass is 32.2. The molecule has 1 aliphatic rings. The molecule has 3 rings (SSSR count). The van der Waals surface area contributed by atoms with Gasteiger partial charge in [-0.1, -0.05) is 31.2 Å². The van der Waals surface area contributed by atoms with Crippen LogP contribution in [0.15, 0.2) is 29.6 Å². The molecule has 0 saturated carbocycles. The lowest BCUT2D eigenvalue weighted by Crippen LogP contribution is -2.32. The van der Waals surface area contributed by atoms with Gasteiger partial charge < -0.3 is 0 Å². The van der Waals surface area contributed by atoms with Crippen molar-refractivity contribution in [2.24, 2.45) is 0 Å². The average molecular weight is 304 g/mol. The van der Waals surface area contributed by atoms with E-state index in [9.17, 15) is 0 Å². The predicted octanol–water partition coefficient (Wildman–Crippen LogP) is 3.92. The molecule has 4 heteroatoms. The van der Waals surface area contributed by atoms with Crippen molar-refractivity contribution in [1.29, 1.82) is 0 Å². The Hall–Kier alpha value is -0.840. The maximum Gasteiger partial charge on any atom is 0.123 e. The van der Waals surface area contributed by atoms with Crippen molar-refractivity contribution in [2.45, 2.75) is 19.9 Å². The number of thioether (sulfide) groups is 1. The van der Waals surface area contributed by atoms with Gasteiger partial charge in [0.1, 0.15) is 5.01 Å². The normalized spacial score (nSPS) is 16.4. The molecule has 2 nitrogen and oxygen atoms in total. The Morgan fingerprint density at radius 1 is 1.15 bits per heavy atom. The van der Waals surface area contributed by atoms with Gasteiger partial charge in [0.15, 0.2) is 0 Å². The van der Waals surface area contributed by atoms with Crippen LogP contribution in [0, 0.1) is 0 Å². The zero-order chi connectivity index (χ0) is 13.8. The molecule has 1 aliphatic heterocycles. The third-order valence-electron chi connectivity index (χ3n) is 3.65. The van der Waals surface area contributed by atoms with Gasteiger partial charge in [-0.2, -0.15) is 11.8 Å². The predicted molar refractivity (Wildman–Crippen MR) is 89.5 cm³/mol. The molecule has 1 aromatic heterocycles. The molecule has 0 N–H and O–H groups in total. The topological polar surface area (TPSA) is 16.1 Å². The van der Waals surface area contributed by atoms with Gasteiger partial charge in [0, 0.05) is 42.1 Å². The van der Waals surface area contributed by atoms with E-state index in [4.69, 9.17) is 4.98 Å². The van der Waals surface area contributed by atoms with Crippen LogP contribution >= 0.6 is 23.1 Å². The second-order valence-corrected chi connectivity index (χ2v) is 7.17. The minimum absolute atomic E-state index is 1.00. The second-order valence-electron chi connectivity index (χ2n) is 5.08. The second kappa shape index (κ2) is 6.74. The van der Waals surface area contributed by atoms with Crippen LogP contribution in [0.25, 0.3) is 10.6 Å². The van der Waals surface area contributed by atoms with Gasteiger partial charge in [-0.05, 0) is 12.0 Å². The van der Waals surface area contributed by atoms with Crippen LogP contribution in [-0.2, 0) is 13.0 Å². The molecule has 0 unspecified atom stereocenters. The van der Waals surface area contributed by atoms with Crippen molar-refractivity contribution < 1.29 is 0 Å². The Morgan fingerprint density at radius 3 is 2.60 bits per heavy atom. The van der Waals surface area contributed by atoms with Gasteiger partial charge in [0.2, 0.25) is 0 Å². The summed E-state index contributed by atoms with van der Waals surface area (Å²) in [7, 11) is 0. The maximum atomic E-state index is 4.80. The number of hydrogen-bond donors (Lipinski definition) is 0. The van der Waals surface area contributed by atoms with E-state index < -0.39 is 0 Å². The van der Waals surface area contributed by atoms with Crippen molar-refractivity contribution in [3.63, 3.8) is 0 Å². The Labute approximate surface area is 129 Å². The standard InChI is InChI=1S/C16H20N2S2/c1-2-13-3-5-14(6-4-13)16-17-15(12-20-16)11-18-7-9-19-10-8-18/h3-6,12H,2,7-11H2,1H3. The SMILES string of the molecule is CCc1ccc(-c2nc(CN3CCSCC3)cs2)cc1.